The molecule has 154 valence electrons. The lowest BCUT2D eigenvalue weighted by atomic mass is 9.77. The molecule has 0 amide bonds. The standard InChI is InChI=1S/C24H26ClN5/c1-24(2)11-9-16(10-12-24)17-5-4-6-19(13-17)29(3)22-20-8-7-18(25)14-21(20)30(15-26)23(27)28-22/h4-9,13-15,26-27H,10-12H2,1-3H3. The number of nitrogens with one attached hydrogen (secondary N) is 2. The van der Waals surface area contributed by atoms with Crippen molar-refractivity contribution < 1.29 is 0 Å². The normalized spacial score (nSPS) is 15.7. The Balaban J connectivity index is 1.79. The van der Waals surface area contributed by atoms with Crippen molar-refractivity contribution in [3.8, 4) is 0 Å². The minimum atomic E-state index is -0.00464. The molecule has 0 saturated carbocycles. The highest BCUT2D eigenvalue weighted by Crippen LogP contribution is 2.39. The van der Waals surface area contributed by atoms with Crippen LogP contribution in [-0.2, 0) is 0 Å². The number of fused-ring (bicyclic) bond motifs is 1. The first kappa shape index (κ1) is 20.4. The average molecular weight is 420 g/mol. The maximum Gasteiger partial charge on any atom is 0.229 e. The van der Waals surface area contributed by atoms with E-state index in [0.717, 1.165) is 30.3 Å². The molecule has 0 spiro atoms. The number of rotatable bonds is 4. The lowest BCUT2D eigenvalue weighted by Gasteiger charge is -2.29. The number of aromatic nitrogens is 2. The molecule has 5 nitrogen and oxygen atoms in total. The second kappa shape index (κ2) is 7.73. The number of anilines is 2. The van der Waals surface area contributed by atoms with Gasteiger partial charge < -0.3 is 4.90 Å². The van der Waals surface area contributed by atoms with Crippen molar-refractivity contribution in [3.63, 3.8) is 0 Å². The van der Waals surface area contributed by atoms with Crippen LogP contribution in [0.1, 0.15) is 38.7 Å². The summed E-state index contributed by atoms with van der Waals surface area (Å²) in [6.07, 6.45) is 6.84. The van der Waals surface area contributed by atoms with Crippen LogP contribution in [0, 0.1) is 16.2 Å². The van der Waals surface area contributed by atoms with Crippen LogP contribution in [0.15, 0.2) is 48.5 Å². The molecule has 1 aromatic heterocycles. The van der Waals surface area contributed by atoms with Gasteiger partial charge in [-0.1, -0.05) is 43.7 Å². The van der Waals surface area contributed by atoms with Crippen LogP contribution in [0.5, 0.6) is 0 Å². The van der Waals surface area contributed by atoms with Crippen molar-refractivity contribution in [2.45, 2.75) is 33.1 Å². The number of nitrogens with zero attached hydrogens (tertiary/aromatic N) is 3. The summed E-state index contributed by atoms with van der Waals surface area (Å²) in [6.45, 7) is 4.64. The van der Waals surface area contributed by atoms with Gasteiger partial charge in [0.25, 0.3) is 0 Å². The lowest BCUT2D eigenvalue weighted by Crippen LogP contribution is -2.26. The van der Waals surface area contributed by atoms with E-state index in [9.17, 15) is 0 Å². The summed E-state index contributed by atoms with van der Waals surface area (Å²) in [5, 5.41) is 17.3. The van der Waals surface area contributed by atoms with Crippen LogP contribution >= 0.6 is 11.6 Å². The molecule has 2 aromatic carbocycles. The van der Waals surface area contributed by atoms with E-state index >= 15 is 0 Å². The van der Waals surface area contributed by atoms with E-state index in [1.165, 1.54) is 22.1 Å². The quantitative estimate of drug-likeness (QED) is 0.403. The second-order valence-corrected chi connectivity index (χ2v) is 9.06. The first-order chi connectivity index (χ1) is 14.3. The molecule has 0 radical (unpaired) electrons. The summed E-state index contributed by atoms with van der Waals surface area (Å²) in [5.41, 5.74) is 4.70. The van der Waals surface area contributed by atoms with E-state index in [0.29, 0.717) is 21.8 Å². The fraction of sp³-hybridized carbons (Fsp3) is 0.292. The summed E-state index contributed by atoms with van der Waals surface area (Å²) in [5.74, 6) is 0.667. The first-order valence-electron chi connectivity index (χ1n) is 10.1. The lowest BCUT2D eigenvalue weighted by molar-refractivity contribution is 0.335. The molecule has 0 fully saturated rings. The molecule has 0 atom stereocenters. The smallest absolute Gasteiger partial charge is 0.229 e. The number of benzene rings is 2. The minimum absolute atomic E-state index is 0.00464. The van der Waals surface area contributed by atoms with Crippen LogP contribution in [0.25, 0.3) is 16.5 Å². The van der Waals surface area contributed by atoms with E-state index in [4.69, 9.17) is 22.4 Å². The maximum atomic E-state index is 8.28. The van der Waals surface area contributed by atoms with Gasteiger partial charge in [-0.2, -0.15) is 4.98 Å². The minimum Gasteiger partial charge on any atom is -0.329 e. The molecule has 0 unspecified atom stereocenters. The zero-order valence-corrected chi connectivity index (χ0v) is 18.3. The summed E-state index contributed by atoms with van der Waals surface area (Å²) in [7, 11) is 1.96. The molecule has 30 heavy (non-hydrogen) atoms. The molecule has 0 saturated heterocycles. The van der Waals surface area contributed by atoms with Crippen molar-refractivity contribution in [2.75, 3.05) is 11.9 Å². The van der Waals surface area contributed by atoms with Gasteiger partial charge in [-0.15, -0.1) is 0 Å². The highest BCUT2D eigenvalue weighted by Gasteiger charge is 2.22. The molecule has 2 N–H and O–H groups in total. The Morgan fingerprint density at radius 3 is 2.70 bits per heavy atom. The highest BCUT2D eigenvalue weighted by atomic mass is 35.5. The van der Waals surface area contributed by atoms with Gasteiger partial charge in [0.1, 0.15) is 5.82 Å². The molecule has 1 heterocycles. The third-order valence-corrected chi connectivity index (χ3v) is 6.16. The summed E-state index contributed by atoms with van der Waals surface area (Å²) in [6, 6.07) is 14.0. The highest BCUT2D eigenvalue weighted by molar-refractivity contribution is 6.31. The fourth-order valence-corrected chi connectivity index (χ4v) is 4.15. The number of hydrogen-bond donors (Lipinski definition) is 2. The zero-order valence-electron chi connectivity index (χ0n) is 17.5. The van der Waals surface area contributed by atoms with E-state index in [-0.39, 0.29) is 5.62 Å². The monoisotopic (exact) mass is 419 g/mol. The van der Waals surface area contributed by atoms with E-state index in [2.05, 4.69) is 49.2 Å². The predicted octanol–water partition coefficient (Wildman–Crippen LogP) is 5.99. The number of allylic oxidation sites excluding steroid dienone is 2. The third-order valence-electron chi connectivity index (χ3n) is 5.92. The second-order valence-electron chi connectivity index (χ2n) is 8.63. The Labute approximate surface area is 181 Å². The van der Waals surface area contributed by atoms with Gasteiger partial charge in [0.2, 0.25) is 5.62 Å². The number of halogens is 1. The SMILES string of the molecule is CN(c1cccc(C2=CCC(C)(C)CC2)c1)c1nc(=N)n(C=N)c2cc(Cl)ccc12. The van der Waals surface area contributed by atoms with Crippen molar-refractivity contribution in [1.29, 1.82) is 10.8 Å². The summed E-state index contributed by atoms with van der Waals surface area (Å²) >= 11 is 6.19. The summed E-state index contributed by atoms with van der Waals surface area (Å²) in [4.78, 5) is 6.49. The molecule has 0 aliphatic heterocycles. The van der Waals surface area contributed by atoms with Crippen LogP contribution < -0.4 is 10.5 Å². The van der Waals surface area contributed by atoms with Crippen LogP contribution in [-0.4, -0.2) is 22.9 Å². The third kappa shape index (κ3) is 3.77. The topological polar surface area (TPSA) is 68.8 Å². The Bertz CT molecular complexity index is 1220. The maximum absolute atomic E-state index is 8.28. The predicted molar refractivity (Wildman–Crippen MR) is 125 cm³/mol. The van der Waals surface area contributed by atoms with Crippen LogP contribution in [0.3, 0.4) is 0 Å². The summed E-state index contributed by atoms with van der Waals surface area (Å²) < 4.78 is 1.42. The largest absolute Gasteiger partial charge is 0.329 e. The van der Waals surface area contributed by atoms with Gasteiger partial charge in [0.15, 0.2) is 0 Å². The van der Waals surface area contributed by atoms with Gasteiger partial charge >= 0.3 is 0 Å². The van der Waals surface area contributed by atoms with Crippen molar-refractivity contribution in [1.82, 2.24) is 9.55 Å². The molecule has 3 aromatic rings. The van der Waals surface area contributed by atoms with Crippen LogP contribution in [0.4, 0.5) is 11.5 Å². The zero-order chi connectivity index (χ0) is 21.5. The van der Waals surface area contributed by atoms with Gasteiger partial charge in [-0.25, -0.2) is 0 Å². The van der Waals surface area contributed by atoms with E-state index < -0.39 is 0 Å². The van der Waals surface area contributed by atoms with Crippen molar-refractivity contribution >= 4 is 45.9 Å². The van der Waals surface area contributed by atoms with Gasteiger partial charge in [0, 0.05) is 23.1 Å². The van der Waals surface area contributed by atoms with E-state index in [1.54, 1.807) is 6.07 Å². The van der Waals surface area contributed by atoms with Gasteiger partial charge in [-0.05, 0) is 66.1 Å². The number of hydrogen-bond acceptors (Lipinski definition) is 4. The average Bonchev–Trinajstić information content (AvgIpc) is 2.72. The molecular weight excluding hydrogens is 394 g/mol. The Morgan fingerprint density at radius 2 is 2.00 bits per heavy atom. The van der Waals surface area contributed by atoms with Crippen molar-refractivity contribution in [3.05, 3.63) is 64.7 Å². The van der Waals surface area contributed by atoms with Gasteiger partial charge in [-0.3, -0.25) is 15.4 Å². The Hall–Kier alpha value is -2.92. The first-order valence-corrected chi connectivity index (χ1v) is 10.5. The van der Waals surface area contributed by atoms with Gasteiger partial charge in [0.05, 0.1) is 11.9 Å². The fourth-order valence-electron chi connectivity index (χ4n) is 3.98. The molecule has 1 aliphatic rings. The molecule has 0 bridgehead atoms. The van der Waals surface area contributed by atoms with Crippen molar-refractivity contribution in [2.24, 2.45) is 5.41 Å². The Morgan fingerprint density at radius 1 is 1.20 bits per heavy atom. The molecule has 1 aliphatic carbocycles. The van der Waals surface area contributed by atoms with Crippen LogP contribution in [0.2, 0.25) is 5.02 Å². The molecule has 4 rings (SSSR count). The molecule has 6 heteroatoms. The Kier molecular flexibility index (Phi) is 5.24. The molecular formula is C24H26ClN5. The van der Waals surface area contributed by atoms with E-state index in [1.807, 2.05) is 24.1 Å².